The van der Waals surface area contributed by atoms with Crippen molar-refractivity contribution in [3.8, 4) is 11.5 Å². The minimum Gasteiger partial charge on any atom is -0.493 e. The molecule has 0 radical (unpaired) electrons. The fraction of sp³-hybridized carbons (Fsp3) is 0.652. The van der Waals surface area contributed by atoms with Crippen LogP contribution in [0.25, 0.3) is 10.9 Å². The van der Waals surface area contributed by atoms with Gasteiger partial charge in [-0.05, 0) is 39.0 Å². The maximum Gasteiger partial charge on any atom is 0.225 e. The summed E-state index contributed by atoms with van der Waals surface area (Å²) in [6.45, 7) is 6.62. The van der Waals surface area contributed by atoms with E-state index < -0.39 is 6.17 Å². The molecule has 2 saturated heterocycles. The average Bonchev–Trinajstić information content (AvgIpc) is 3.03. The second-order valence-corrected chi connectivity index (χ2v) is 8.68. The lowest BCUT2D eigenvalue weighted by Crippen LogP contribution is -2.39. The number of nitrogens with one attached hydrogen (secondary N) is 2. The minimum absolute atomic E-state index is 0.0912. The predicted octanol–water partition coefficient (Wildman–Crippen LogP) is 2.24. The highest BCUT2D eigenvalue weighted by Crippen LogP contribution is 2.35. The Morgan fingerprint density at radius 1 is 1.12 bits per heavy atom. The van der Waals surface area contributed by atoms with Crippen LogP contribution in [0.2, 0.25) is 0 Å². The second-order valence-electron chi connectivity index (χ2n) is 8.68. The number of likely N-dealkylation sites (N-methyl/N-ethyl adjacent to an activating group) is 1. The van der Waals surface area contributed by atoms with E-state index >= 15 is 0 Å². The van der Waals surface area contributed by atoms with Crippen LogP contribution >= 0.6 is 0 Å². The first kappa shape index (κ1) is 23.7. The molecule has 2 aliphatic rings. The first-order valence-electron chi connectivity index (χ1n) is 11.6. The highest BCUT2D eigenvalue weighted by molar-refractivity contribution is 5.92. The van der Waals surface area contributed by atoms with Crippen molar-refractivity contribution >= 4 is 22.7 Å². The molecule has 0 spiro atoms. The van der Waals surface area contributed by atoms with Gasteiger partial charge in [-0.25, -0.2) is 9.37 Å². The van der Waals surface area contributed by atoms with Crippen molar-refractivity contribution in [2.24, 2.45) is 0 Å². The normalized spacial score (nSPS) is 22.7. The van der Waals surface area contributed by atoms with E-state index in [0.717, 1.165) is 44.7 Å². The Bertz CT molecular complexity index is 933. The quantitative estimate of drug-likeness (QED) is 0.614. The highest BCUT2D eigenvalue weighted by Gasteiger charge is 2.27. The third-order valence-electron chi connectivity index (χ3n) is 6.33. The van der Waals surface area contributed by atoms with Gasteiger partial charge in [0.25, 0.3) is 0 Å². The molecular formula is C23H35FN6O3. The van der Waals surface area contributed by atoms with Crippen molar-refractivity contribution in [2.45, 2.75) is 25.1 Å². The van der Waals surface area contributed by atoms with E-state index in [1.807, 2.05) is 12.1 Å². The molecule has 2 unspecified atom stereocenters. The Morgan fingerprint density at radius 2 is 1.94 bits per heavy atom. The van der Waals surface area contributed by atoms with E-state index in [-0.39, 0.29) is 12.6 Å². The summed E-state index contributed by atoms with van der Waals surface area (Å²) in [5.74, 6) is 2.25. The molecule has 1 aromatic carbocycles. The molecule has 182 valence electrons. The van der Waals surface area contributed by atoms with Gasteiger partial charge in [0.2, 0.25) is 5.95 Å². The van der Waals surface area contributed by atoms with Gasteiger partial charge in [0.15, 0.2) is 11.5 Å². The number of hydrogen-bond donors (Lipinski definition) is 2. The number of rotatable bonds is 8. The standard InChI is InChI=1S/C23H35FN6O3/c1-29-7-4-8-30(11-10-29)9-6-25-23-27-19-14-21(32-3)20(31-2)13-16(19)22(28-23)26-18-5-12-33-15-17(18)24/h13-14,17-18H,4-12,15H2,1-3H3,(H2,25,26,27,28). The van der Waals surface area contributed by atoms with Gasteiger partial charge in [-0.3, -0.25) is 0 Å². The van der Waals surface area contributed by atoms with E-state index in [1.165, 1.54) is 6.42 Å². The average molecular weight is 463 g/mol. The molecule has 4 rings (SSSR count). The van der Waals surface area contributed by atoms with Gasteiger partial charge in [-0.15, -0.1) is 0 Å². The lowest BCUT2D eigenvalue weighted by Gasteiger charge is -2.28. The molecular weight excluding hydrogens is 427 g/mol. The van der Waals surface area contributed by atoms with Crippen LogP contribution in [0.5, 0.6) is 11.5 Å². The number of methoxy groups -OCH3 is 2. The number of benzene rings is 1. The zero-order valence-corrected chi connectivity index (χ0v) is 19.8. The molecule has 2 fully saturated rings. The summed E-state index contributed by atoms with van der Waals surface area (Å²) in [5, 5.41) is 7.42. The topological polar surface area (TPSA) is 84.0 Å². The molecule has 0 aliphatic carbocycles. The molecule has 2 atom stereocenters. The van der Waals surface area contributed by atoms with Crippen LogP contribution in [0.4, 0.5) is 16.2 Å². The van der Waals surface area contributed by atoms with E-state index in [0.29, 0.717) is 41.8 Å². The molecule has 10 heteroatoms. The van der Waals surface area contributed by atoms with Crippen molar-refractivity contribution in [2.75, 3.05) is 84.4 Å². The Morgan fingerprint density at radius 3 is 2.73 bits per heavy atom. The maximum absolute atomic E-state index is 14.5. The van der Waals surface area contributed by atoms with Crippen LogP contribution in [0.3, 0.4) is 0 Å². The smallest absolute Gasteiger partial charge is 0.225 e. The van der Waals surface area contributed by atoms with Crippen molar-refractivity contribution in [3.63, 3.8) is 0 Å². The summed E-state index contributed by atoms with van der Waals surface area (Å²) in [4.78, 5) is 14.2. The van der Waals surface area contributed by atoms with Crippen LogP contribution < -0.4 is 20.1 Å². The number of fused-ring (bicyclic) bond motifs is 1. The van der Waals surface area contributed by atoms with Gasteiger partial charge >= 0.3 is 0 Å². The van der Waals surface area contributed by atoms with Gasteiger partial charge in [0.1, 0.15) is 12.0 Å². The third kappa shape index (κ3) is 5.93. The summed E-state index contributed by atoms with van der Waals surface area (Å²) < 4.78 is 30.6. The SMILES string of the molecule is COc1cc2nc(NCCN3CCCN(C)CC3)nc(NC3CCOCC3F)c2cc1OC. The molecule has 33 heavy (non-hydrogen) atoms. The largest absolute Gasteiger partial charge is 0.493 e. The van der Waals surface area contributed by atoms with Gasteiger partial charge in [-0.1, -0.05) is 0 Å². The number of halogens is 1. The second kappa shape index (κ2) is 11.1. The Hall–Kier alpha value is -2.43. The molecule has 2 aliphatic heterocycles. The van der Waals surface area contributed by atoms with E-state index in [4.69, 9.17) is 24.2 Å². The monoisotopic (exact) mass is 462 g/mol. The zero-order valence-electron chi connectivity index (χ0n) is 19.8. The first-order valence-corrected chi connectivity index (χ1v) is 11.6. The Kier molecular flexibility index (Phi) is 8.00. The van der Waals surface area contributed by atoms with Crippen molar-refractivity contribution < 1.29 is 18.6 Å². The number of nitrogens with zero attached hydrogens (tertiary/aromatic N) is 4. The van der Waals surface area contributed by atoms with Crippen LogP contribution in [-0.4, -0.2) is 106 Å². The van der Waals surface area contributed by atoms with Gasteiger partial charge in [0, 0.05) is 44.2 Å². The maximum atomic E-state index is 14.5. The van der Waals surface area contributed by atoms with Gasteiger partial charge in [-0.2, -0.15) is 4.98 Å². The predicted molar refractivity (Wildman–Crippen MR) is 127 cm³/mol. The molecule has 9 nitrogen and oxygen atoms in total. The molecule has 2 aromatic rings. The molecule has 2 N–H and O–H groups in total. The van der Waals surface area contributed by atoms with Gasteiger partial charge in [0.05, 0.1) is 32.4 Å². The van der Waals surface area contributed by atoms with Crippen molar-refractivity contribution in [1.82, 2.24) is 19.8 Å². The minimum atomic E-state index is -1.10. The lowest BCUT2D eigenvalue weighted by atomic mass is 10.1. The van der Waals surface area contributed by atoms with Crippen LogP contribution in [0, 0.1) is 0 Å². The summed E-state index contributed by atoms with van der Waals surface area (Å²) in [6.07, 6.45) is 0.654. The molecule has 1 aromatic heterocycles. The van der Waals surface area contributed by atoms with E-state index in [2.05, 4.69) is 27.5 Å². The summed E-state index contributed by atoms with van der Waals surface area (Å²) >= 11 is 0. The molecule has 0 amide bonds. The Labute approximate surface area is 194 Å². The third-order valence-corrected chi connectivity index (χ3v) is 6.33. The number of aromatic nitrogens is 2. The highest BCUT2D eigenvalue weighted by atomic mass is 19.1. The van der Waals surface area contributed by atoms with E-state index in [1.54, 1.807) is 14.2 Å². The van der Waals surface area contributed by atoms with Gasteiger partial charge < -0.3 is 34.6 Å². The summed E-state index contributed by atoms with van der Waals surface area (Å²) in [6, 6.07) is 3.29. The molecule has 3 heterocycles. The fourth-order valence-corrected chi connectivity index (χ4v) is 4.34. The fourth-order valence-electron chi connectivity index (χ4n) is 4.34. The number of hydrogen-bond acceptors (Lipinski definition) is 9. The van der Waals surface area contributed by atoms with Crippen molar-refractivity contribution in [3.05, 3.63) is 12.1 Å². The zero-order chi connectivity index (χ0) is 23.2. The summed E-state index contributed by atoms with van der Waals surface area (Å²) in [5.41, 5.74) is 0.700. The van der Waals surface area contributed by atoms with Crippen LogP contribution in [-0.2, 0) is 4.74 Å². The molecule has 0 saturated carbocycles. The van der Waals surface area contributed by atoms with E-state index in [9.17, 15) is 4.39 Å². The number of alkyl halides is 1. The number of ether oxygens (including phenoxy) is 3. The summed E-state index contributed by atoms with van der Waals surface area (Å²) in [7, 11) is 5.35. The van der Waals surface area contributed by atoms with Crippen LogP contribution in [0.1, 0.15) is 12.8 Å². The Balaban J connectivity index is 1.55. The van der Waals surface area contributed by atoms with Crippen molar-refractivity contribution in [1.29, 1.82) is 0 Å². The van der Waals surface area contributed by atoms with Crippen LogP contribution in [0.15, 0.2) is 12.1 Å². The molecule has 0 bridgehead atoms. The first-order chi connectivity index (χ1) is 16.1. The lowest BCUT2D eigenvalue weighted by molar-refractivity contribution is 0.0285. The number of anilines is 2.